The number of benzene rings is 10. The molecule has 0 fully saturated rings. The van der Waals surface area contributed by atoms with Gasteiger partial charge in [-0.3, -0.25) is 0 Å². The van der Waals surface area contributed by atoms with Crippen LogP contribution in [-0.2, 0) is 0 Å². The van der Waals surface area contributed by atoms with E-state index in [9.17, 15) is 5.48 Å². The van der Waals surface area contributed by atoms with E-state index in [-0.39, 0.29) is 32.7 Å². The van der Waals surface area contributed by atoms with Crippen LogP contribution in [0, 0.1) is 0 Å². The Morgan fingerprint density at radius 1 is 0.340 bits per heavy atom. The molecule has 0 aliphatic carbocycles. The van der Waals surface area contributed by atoms with Crippen molar-refractivity contribution in [3.05, 3.63) is 194 Å². The number of para-hydroxylation sites is 1. The quantitative estimate of drug-likeness (QED) is 0.168. The summed E-state index contributed by atoms with van der Waals surface area (Å²) in [4.78, 5) is 0. The lowest BCUT2D eigenvalue weighted by Crippen LogP contribution is -1.92. The third-order valence-electron chi connectivity index (χ3n) is 10.2. The van der Waals surface area contributed by atoms with Crippen LogP contribution in [0.4, 0.5) is 0 Å². The minimum absolute atomic E-state index is 0.0704. The van der Waals surface area contributed by atoms with Crippen molar-refractivity contribution in [2.75, 3.05) is 0 Å². The zero-order valence-electron chi connectivity index (χ0n) is 40.9. The van der Waals surface area contributed by atoms with Gasteiger partial charge in [-0.1, -0.05) is 176 Å². The van der Waals surface area contributed by atoms with Gasteiger partial charge in [-0.2, -0.15) is 0 Å². The third kappa shape index (κ3) is 4.64. The Morgan fingerprint density at radius 2 is 0.925 bits per heavy atom. The highest BCUT2D eigenvalue weighted by Crippen LogP contribution is 2.47. The van der Waals surface area contributed by atoms with Crippen molar-refractivity contribution in [1.29, 1.82) is 0 Å². The smallest absolute Gasteiger partial charge is 0.143 e. The molecule has 0 unspecified atom stereocenters. The van der Waals surface area contributed by atoms with Gasteiger partial charge in [-0.25, -0.2) is 0 Å². The molecule has 0 saturated carbocycles. The van der Waals surface area contributed by atoms with Crippen molar-refractivity contribution in [3.63, 3.8) is 0 Å². The first kappa shape index (κ1) is 19.6. The molecule has 0 aliphatic rings. The Bertz CT molecular complexity index is 3880. The van der Waals surface area contributed by atoms with Crippen LogP contribution in [0.1, 0.15) is 17.8 Å². The van der Waals surface area contributed by atoms with Gasteiger partial charge in [-0.05, 0) is 100 Å². The molecule has 11 rings (SSSR count). The molecular formula is C52H32O. The van der Waals surface area contributed by atoms with E-state index in [0.29, 0.717) is 27.5 Å². The predicted octanol–water partition coefficient (Wildman–Crippen LogP) is 14.9. The Morgan fingerprint density at radius 3 is 1.68 bits per heavy atom. The second kappa shape index (κ2) is 11.8. The van der Waals surface area contributed by atoms with E-state index in [2.05, 4.69) is 36.4 Å². The Kier molecular flexibility index (Phi) is 4.36. The topological polar surface area (TPSA) is 13.1 Å². The fourth-order valence-electron chi connectivity index (χ4n) is 7.83. The van der Waals surface area contributed by atoms with Crippen molar-refractivity contribution >= 4 is 65.0 Å². The van der Waals surface area contributed by atoms with E-state index >= 15 is 0 Å². The van der Waals surface area contributed by atoms with Gasteiger partial charge in [-0.15, -0.1) is 0 Å². The fourth-order valence-corrected chi connectivity index (χ4v) is 7.83. The molecule has 0 N–H and O–H groups in total. The zero-order chi connectivity index (χ0) is 46.2. The minimum atomic E-state index is -0.718. The average Bonchev–Trinajstić information content (AvgIpc) is 3.72. The lowest BCUT2D eigenvalue weighted by atomic mass is 9.84. The predicted molar refractivity (Wildman–Crippen MR) is 225 cm³/mol. The molecule has 246 valence electrons. The molecule has 0 saturated heterocycles. The van der Waals surface area contributed by atoms with Crippen LogP contribution in [0.3, 0.4) is 0 Å². The highest BCUT2D eigenvalue weighted by molar-refractivity contribution is 6.24. The standard InChI is InChI=1S/C52H32O/c1-2-14-34(15-3-1)50-41-19-8-10-21-43(41)51(44-22-11-9-20-42(44)50)45-29-28-40(38-17-6-7-18-39(38)45)46-23-12-24-47-48-32-37(27-30-49(48)53-52(46)47)36-26-25-33-13-4-5-16-35(33)31-36/h1-32H/i1D,2D,3D,8D,9D,10D,11D,14D,15D,19D,20D,21D,22D. The van der Waals surface area contributed by atoms with E-state index in [1.54, 1.807) is 6.07 Å². The van der Waals surface area contributed by atoms with E-state index in [4.69, 9.17) is 16.8 Å². The molecule has 0 amide bonds. The van der Waals surface area contributed by atoms with Crippen LogP contribution in [0.25, 0.3) is 110 Å². The number of fused-ring (bicyclic) bond motifs is 7. The highest BCUT2D eigenvalue weighted by atomic mass is 16.3. The third-order valence-corrected chi connectivity index (χ3v) is 10.2. The van der Waals surface area contributed by atoms with Gasteiger partial charge in [0.15, 0.2) is 0 Å². The maximum Gasteiger partial charge on any atom is 0.143 e. The summed E-state index contributed by atoms with van der Waals surface area (Å²) in [5.74, 6) is 0. The Balaban J connectivity index is 1.22. The molecular weight excluding hydrogens is 641 g/mol. The SMILES string of the molecule is [2H]c1c([2H])c([2H])c(-c2c3c([2H])c([2H])c([2H])c([2H])c3c(-c3ccc(-c4cccc5c4oc4ccc(-c6ccc7ccccc7c6)cc45)c4ccccc34)c3c([2H])c([2H])c([2H])c([2H])c23)c([2H])c1[2H]. The van der Waals surface area contributed by atoms with Gasteiger partial charge in [0.05, 0.1) is 17.8 Å². The molecule has 10 aromatic carbocycles. The molecule has 1 aromatic heterocycles. The summed E-state index contributed by atoms with van der Waals surface area (Å²) in [6.07, 6.45) is 0. The van der Waals surface area contributed by atoms with E-state index < -0.39 is 84.1 Å². The fraction of sp³-hybridized carbons (Fsp3) is 0. The maximum atomic E-state index is 9.44. The van der Waals surface area contributed by atoms with Gasteiger partial charge in [0.1, 0.15) is 11.2 Å². The van der Waals surface area contributed by atoms with Gasteiger partial charge in [0.25, 0.3) is 0 Å². The lowest BCUT2D eigenvalue weighted by Gasteiger charge is -2.19. The summed E-state index contributed by atoms with van der Waals surface area (Å²) in [5, 5.41) is 4.61. The number of hydrogen-bond donors (Lipinski definition) is 0. The van der Waals surface area contributed by atoms with Crippen molar-refractivity contribution in [3.8, 4) is 44.5 Å². The van der Waals surface area contributed by atoms with Crippen LogP contribution in [0.15, 0.2) is 198 Å². The first-order valence-corrected chi connectivity index (χ1v) is 17.2. The Hall–Kier alpha value is -6.96. The van der Waals surface area contributed by atoms with Crippen LogP contribution < -0.4 is 0 Å². The second-order valence-electron chi connectivity index (χ2n) is 13.0. The van der Waals surface area contributed by atoms with Crippen molar-refractivity contribution in [1.82, 2.24) is 0 Å². The molecule has 53 heavy (non-hydrogen) atoms. The van der Waals surface area contributed by atoms with Gasteiger partial charge in [0, 0.05) is 16.3 Å². The molecule has 0 radical (unpaired) electrons. The molecule has 0 spiro atoms. The molecule has 11 aromatic rings. The van der Waals surface area contributed by atoms with E-state index in [1.165, 1.54) is 0 Å². The number of hydrogen-bond acceptors (Lipinski definition) is 1. The first-order chi connectivity index (χ1) is 31.7. The molecule has 1 nitrogen and oxygen atoms in total. The maximum absolute atomic E-state index is 9.44. The van der Waals surface area contributed by atoms with Crippen molar-refractivity contribution in [2.24, 2.45) is 0 Å². The number of furan rings is 1. The summed E-state index contributed by atoms with van der Waals surface area (Å²) >= 11 is 0. The summed E-state index contributed by atoms with van der Waals surface area (Å²) in [6, 6.07) is 29.3. The Labute approximate surface area is 325 Å². The lowest BCUT2D eigenvalue weighted by molar-refractivity contribution is 0.670. The normalized spacial score (nSPS) is 15.2. The van der Waals surface area contributed by atoms with Crippen molar-refractivity contribution < 1.29 is 22.2 Å². The van der Waals surface area contributed by atoms with Crippen molar-refractivity contribution in [2.45, 2.75) is 0 Å². The molecule has 1 heteroatoms. The van der Waals surface area contributed by atoms with Crippen LogP contribution in [0.2, 0.25) is 0 Å². The van der Waals surface area contributed by atoms with E-state index in [1.807, 2.05) is 72.8 Å². The highest BCUT2D eigenvalue weighted by Gasteiger charge is 2.20. The van der Waals surface area contributed by atoms with E-state index in [0.717, 1.165) is 43.8 Å². The summed E-state index contributed by atoms with van der Waals surface area (Å²) < 4.78 is 123. The average molecular weight is 686 g/mol. The summed E-state index contributed by atoms with van der Waals surface area (Å²) in [6.45, 7) is 0. The number of rotatable bonds is 4. The summed E-state index contributed by atoms with van der Waals surface area (Å²) in [5.41, 5.74) is 4.65. The minimum Gasteiger partial charge on any atom is -0.455 e. The van der Waals surface area contributed by atoms with Crippen LogP contribution in [-0.4, -0.2) is 0 Å². The molecule has 0 atom stereocenters. The van der Waals surface area contributed by atoms with Gasteiger partial charge >= 0.3 is 0 Å². The van der Waals surface area contributed by atoms with Crippen LogP contribution in [0.5, 0.6) is 0 Å². The monoisotopic (exact) mass is 685 g/mol. The zero-order valence-corrected chi connectivity index (χ0v) is 27.9. The molecule has 1 heterocycles. The van der Waals surface area contributed by atoms with Crippen LogP contribution >= 0.6 is 0 Å². The second-order valence-corrected chi connectivity index (χ2v) is 13.0. The molecule has 0 aliphatic heterocycles. The van der Waals surface area contributed by atoms with Gasteiger partial charge in [0.2, 0.25) is 0 Å². The van der Waals surface area contributed by atoms with Gasteiger partial charge < -0.3 is 4.42 Å². The summed E-state index contributed by atoms with van der Waals surface area (Å²) in [7, 11) is 0. The molecule has 0 bridgehead atoms. The largest absolute Gasteiger partial charge is 0.455 e. The first-order valence-electron chi connectivity index (χ1n) is 23.7.